The summed E-state index contributed by atoms with van der Waals surface area (Å²) in [7, 11) is -2.22. The van der Waals surface area contributed by atoms with E-state index in [1.165, 1.54) is 0 Å². The van der Waals surface area contributed by atoms with Gasteiger partial charge in [0.2, 0.25) is 0 Å². The van der Waals surface area contributed by atoms with Crippen LogP contribution in [0.1, 0.15) is 13.8 Å². The fourth-order valence-corrected chi connectivity index (χ4v) is 4.37. The van der Waals surface area contributed by atoms with Gasteiger partial charge in [-0.25, -0.2) is 0 Å². The standard InChI is InChI=1S/C6H14BrO3P/c1-3-8-11(4-2)9-5-6(7)10-11/h6,11H,3-5H2,1-2H3. The Morgan fingerprint density at radius 3 is 2.73 bits per heavy atom. The Bertz CT molecular complexity index is 131. The van der Waals surface area contributed by atoms with E-state index in [0.717, 1.165) is 6.16 Å². The van der Waals surface area contributed by atoms with E-state index in [4.69, 9.17) is 13.6 Å². The summed E-state index contributed by atoms with van der Waals surface area (Å²) >= 11 is 3.33. The van der Waals surface area contributed by atoms with Gasteiger partial charge in [-0.1, -0.05) is 0 Å². The fourth-order valence-electron chi connectivity index (χ4n) is 1.04. The van der Waals surface area contributed by atoms with E-state index >= 15 is 0 Å². The van der Waals surface area contributed by atoms with Crippen LogP contribution in [-0.2, 0) is 13.6 Å². The molecule has 0 N–H and O–H groups in total. The van der Waals surface area contributed by atoms with Gasteiger partial charge in [0.15, 0.2) is 0 Å². The summed E-state index contributed by atoms with van der Waals surface area (Å²) in [5, 5.41) is 0.0284. The molecule has 1 aliphatic heterocycles. The Kier molecular flexibility index (Phi) is 3.72. The molecule has 0 aliphatic carbocycles. The Morgan fingerprint density at radius 2 is 2.36 bits per heavy atom. The van der Waals surface area contributed by atoms with E-state index in [9.17, 15) is 0 Å². The number of rotatable bonds is 3. The topological polar surface area (TPSA) is 27.7 Å². The first-order valence-electron chi connectivity index (χ1n) is 3.82. The molecular weight excluding hydrogens is 231 g/mol. The van der Waals surface area contributed by atoms with Gasteiger partial charge < -0.3 is 0 Å². The molecule has 0 aromatic rings. The number of alkyl halides is 1. The molecule has 0 saturated carbocycles. The summed E-state index contributed by atoms with van der Waals surface area (Å²) in [6.07, 6.45) is 0.850. The maximum atomic E-state index is 5.55. The van der Waals surface area contributed by atoms with Crippen molar-refractivity contribution in [2.45, 2.75) is 18.9 Å². The molecule has 5 heteroatoms. The molecule has 0 aromatic carbocycles. The van der Waals surface area contributed by atoms with Gasteiger partial charge in [0, 0.05) is 0 Å². The zero-order valence-corrected chi connectivity index (χ0v) is 9.39. The van der Waals surface area contributed by atoms with E-state index in [-0.39, 0.29) is 5.01 Å². The van der Waals surface area contributed by atoms with Crippen LogP contribution < -0.4 is 0 Å². The van der Waals surface area contributed by atoms with Crippen LogP contribution in [0.2, 0.25) is 0 Å². The van der Waals surface area contributed by atoms with Gasteiger partial charge in [0.25, 0.3) is 0 Å². The van der Waals surface area contributed by atoms with Gasteiger partial charge in [-0.15, -0.1) is 0 Å². The third-order valence-corrected chi connectivity index (χ3v) is 5.18. The van der Waals surface area contributed by atoms with Gasteiger partial charge in [-0.2, -0.15) is 0 Å². The van der Waals surface area contributed by atoms with E-state index in [2.05, 4.69) is 15.9 Å². The van der Waals surface area contributed by atoms with Crippen LogP contribution in [0.25, 0.3) is 0 Å². The number of halogens is 1. The van der Waals surface area contributed by atoms with Crippen LogP contribution in [0.5, 0.6) is 0 Å². The van der Waals surface area contributed by atoms with Gasteiger partial charge in [0.1, 0.15) is 0 Å². The van der Waals surface area contributed by atoms with Crippen molar-refractivity contribution in [2.75, 3.05) is 19.4 Å². The molecule has 11 heavy (non-hydrogen) atoms. The molecule has 1 heterocycles. The molecule has 3 nitrogen and oxygen atoms in total. The van der Waals surface area contributed by atoms with E-state index < -0.39 is 7.94 Å². The zero-order valence-electron chi connectivity index (χ0n) is 6.80. The first kappa shape index (κ1) is 9.87. The molecule has 0 aromatic heterocycles. The Morgan fingerprint density at radius 1 is 1.64 bits per heavy atom. The van der Waals surface area contributed by atoms with Crippen LogP contribution in [-0.4, -0.2) is 24.4 Å². The van der Waals surface area contributed by atoms with Crippen LogP contribution in [0.4, 0.5) is 0 Å². The van der Waals surface area contributed by atoms with Crippen molar-refractivity contribution in [3.8, 4) is 0 Å². The summed E-state index contributed by atoms with van der Waals surface area (Å²) < 4.78 is 16.5. The normalized spacial score (nSPS) is 32.1. The molecule has 0 bridgehead atoms. The van der Waals surface area contributed by atoms with Crippen molar-refractivity contribution in [2.24, 2.45) is 0 Å². The summed E-state index contributed by atoms with van der Waals surface area (Å²) in [5.41, 5.74) is 0. The second-order valence-corrected chi connectivity index (χ2v) is 6.22. The Hall–Kier alpha value is 0.790. The quantitative estimate of drug-likeness (QED) is 0.564. The molecular formula is C6H14BrO3P. The minimum atomic E-state index is -2.22. The monoisotopic (exact) mass is 244 g/mol. The summed E-state index contributed by atoms with van der Waals surface area (Å²) in [6.45, 7) is 5.27. The summed E-state index contributed by atoms with van der Waals surface area (Å²) in [4.78, 5) is 0. The average Bonchev–Trinajstić information content (AvgIpc) is 2.34. The second-order valence-electron chi connectivity index (χ2n) is 2.31. The molecule has 0 spiro atoms. The molecule has 0 amide bonds. The average molecular weight is 245 g/mol. The van der Waals surface area contributed by atoms with Crippen LogP contribution in [0.15, 0.2) is 0 Å². The molecule has 1 aliphatic rings. The molecule has 1 fully saturated rings. The van der Waals surface area contributed by atoms with Crippen molar-refractivity contribution in [1.29, 1.82) is 0 Å². The third kappa shape index (κ3) is 2.36. The first-order chi connectivity index (χ1) is 5.22. The molecule has 1 rings (SSSR count). The number of hydrogen-bond donors (Lipinski definition) is 0. The molecule has 1 unspecified atom stereocenters. The van der Waals surface area contributed by atoms with Gasteiger partial charge in [0.05, 0.1) is 0 Å². The molecule has 1 saturated heterocycles. The summed E-state index contributed by atoms with van der Waals surface area (Å²) in [6, 6.07) is 0. The molecule has 68 valence electrons. The van der Waals surface area contributed by atoms with Gasteiger partial charge in [-0.3, -0.25) is 0 Å². The second kappa shape index (κ2) is 4.15. The van der Waals surface area contributed by atoms with Crippen LogP contribution >= 0.6 is 23.9 Å². The minimum absolute atomic E-state index is 0.0284. The fraction of sp³-hybridized carbons (Fsp3) is 1.00. The van der Waals surface area contributed by atoms with E-state index in [1.54, 1.807) is 0 Å². The summed E-state index contributed by atoms with van der Waals surface area (Å²) in [5.74, 6) is 0. The van der Waals surface area contributed by atoms with Crippen molar-refractivity contribution < 1.29 is 13.6 Å². The number of hydrogen-bond acceptors (Lipinski definition) is 3. The predicted octanol–water partition coefficient (Wildman–Crippen LogP) is 2.31. The Balaban J connectivity index is 2.48. The van der Waals surface area contributed by atoms with Crippen molar-refractivity contribution in [3.63, 3.8) is 0 Å². The molecule has 0 radical (unpaired) electrons. The molecule has 1 atom stereocenters. The van der Waals surface area contributed by atoms with Crippen molar-refractivity contribution in [1.82, 2.24) is 0 Å². The SMILES string of the molecule is CCO[PH]1(CC)OCC(Br)O1. The van der Waals surface area contributed by atoms with Crippen LogP contribution in [0.3, 0.4) is 0 Å². The third-order valence-electron chi connectivity index (χ3n) is 1.54. The van der Waals surface area contributed by atoms with Crippen molar-refractivity contribution in [3.05, 3.63) is 0 Å². The van der Waals surface area contributed by atoms with Gasteiger partial charge in [-0.05, 0) is 0 Å². The van der Waals surface area contributed by atoms with Crippen LogP contribution in [0, 0.1) is 0 Å². The van der Waals surface area contributed by atoms with E-state index in [0.29, 0.717) is 13.2 Å². The maximum absolute atomic E-state index is 5.55. The van der Waals surface area contributed by atoms with Gasteiger partial charge >= 0.3 is 75.7 Å². The van der Waals surface area contributed by atoms with Crippen molar-refractivity contribution >= 4 is 23.9 Å². The first-order valence-corrected chi connectivity index (χ1v) is 6.67. The van der Waals surface area contributed by atoms with E-state index in [1.807, 2.05) is 13.8 Å². The zero-order chi connectivity index (χ0) is 8.32. The Labute approximate surface area is 76.1 Å². The predicted molar refractivity (Wildman–Crippen MR) is 50.2 cm³/mol.